The number of nitrogens with zero attached hydrogens (tertiary/aromatic N) is 1. The number of unbranched alkanes of at least 4 members (excludes halogenated alkanes) is 1. The lowest BCUT2D eigenvalue weighted by atomic mass is 10.2. The molecule has 6 heteroatoms. The van der Waals surface area contributed by atoms with Crippen LogP contribution < -0.4 is 14.4 Å². The second kappa shape index (κ2) is 8.77. The molecule has 3 rings (SSSR count). The van der Waals surface area contributed by atoms with E-state index in [0.717, 1.165) is 31.6 Å². The number of benzene rings is 2. The zero-order chi connectivity index (χ0) is 18.4. The average Bonchev–Trinajstić information content (AvgIpc) is 2.65. The van der Waals surface area contributed by atoms with E-state index in [1.807, 2.05) is 54.6 Å². The second-order valence-electron chi connectivity index (χ2n) is 6.45. The van der Waals surface area contributed by atoms with Crippen LogP contribution >= 0.6 is 10.8 Å². The van der Waals surface area contributed by atoms with Crippen molar-refractivity contribution in [2.45, 2.75) is 38.0 Å². The Hall–Kier alpha value is -1.73. The van der Waals surface area contributed by atoms with Gasteiger partial charge >= 0.3 is 0 Å². The van der Waals surface area contributed by atoms with Gasteiger partial charge in [0.25, 0.3) is 0 Å². The van der Waals surface area contributed by atoms with Crippen molar-refractivity contribution in [2.24, 2.45) is 0 Å². The van der Waals surface area contributed by atoms with Gasteiger partial charge in [-0.2, -0.15) is 0 Å². The van der Waals surface area contributed by atoms with Crippen molar-refractivity contribution in [2.75, 3.05) is 17.4 Å². The molecule has 142 valence electrons. The fraction of sp³-hybridized carbons (Fsp3) is 0.400. The Kier molecular flexibility index (Phi) is 6.43. The van der Waals surface area contributed by atoms with Gasteiger partial charge < -0.3 is 10.1 Å². The minimum Gasteiger partial charge on any atom is -0.467 e. The fourth-order valence-corrected chi connectivity index (χ4v) is 4.91. The highest BCUT2D eigenvalue weighted by atomic mass is 32.3. The van der Waals surface area contributed by atoms with E-state index in [4.69, 9.17) is 4.74 Å². The topological polar surface area (TPSA) is 65.0 Å². The van der Waals surface area contributed by atoms with E-state index in [0.29, 0.717) is 17.9 Å². The highest BCUT2D eigenvalue weighted by Gasteiger charge is 2.40. The Bertz CT molecular complexity index is 696. The van der Waals surface area contributed by atoms with E-state index in [1.165, 1.54) is 6.42 Å². The lowest BCUT2D eigenvalue weighted by Gasteiger charge is -2.51. The molecule has 1 atom stereocenters. The monoisotopic (exact) mass is 376 g/mol. The molecule has 2 aromatic rings. The third-order valence-corrected chi connectivity index (χ3v) is 6.44. The van der Waals surface area contributed by atoms with Crippen LogP contribution in [0.3, 0.4) is 0 Å². The quantitative estimate of drug-likeness (QED) is 0.540. The molecule has 2 aromatic carbocycles. The van der Waals surface area contributed by atoms with E-state index in [1.54, 1.807) is 4.31 Å². The van der Waals surface area contributed by atoms with Gasteiger partial charge in [-0.05, 0) is 50.2 Å². The highest BCUT2D eigenvalue weighted by molar-refractivity contribution is 8.26. The zero-order valence-corrected chi connectivity index (χ0v) is 16.0. The molecule has 0 saturated carbocycles. The van der Waals surface area contributed by atoms with E-state index < -0.39 is 16.2 Å². The summed E-state index contributed by atoms with van der Waals surface area (Å²) in [6.45, 7) is 4.02. The fourth-order valence-electron chi connectivity index (χ4n) is 3.09. The van der Waals surface area contributed by atoms with Crippen LogP contribution in [0.2, 0.25) is 0 Å². The number of rotatable bonds is 8. The molecule has 0 saturated heterocycles. The zero-order valence-electron chi connectivity index (χ0n) is 15.2. The molecule has 0 radical (unpaired) electrons. The van der Waals surface area contributed by atoms with Gasteiger partial charge in [0, 0.05) is 6.42 Å². The molecule has 1 aliphatic rings. The van der Waals surface area contributed by atoms with Crippen molar-refractivity contribution in [1.29, 1.82) is 0 Å². The summed E-state index contributed by atoms with van der Waals surface area (Å²) in [5.41, 5.74) is 0.802. The van der Waals surface area contributed by atoms with Crippen LogP contribution in [0, 0.1) is 0 Å². The molecule has 26 heavy (non-hydrogen) atoms. The molecule has 0 amide bonds. The Morgan fingerprint density at radius 3 is 2.46 bits per heavy atom. The van der Waals surface area contributed by atoms with Crippen molar-refractivity contribution in [1.82, 2.24) is 5.32 Å². The number of hydrogen-bond acceptors (Lipinski definition) is 5. The van der Waals surface area contributed by atoms with Gasteiger partial charge in [-0.1, -0.05) is 54.5 Å². The van der Waals surface area contributed by atoms with Gasteiger partial charge in [0.05, 0.1) is 5.69 Å². The smallest absolute Gasteiger partial charge is 0.206 e. The number of para-hydroxylation sites is 3. The van der Waals surface area contributed by atoms with Crippen LogP contribution in [0.25, 0.3) is 0 Å². The lowest BCUT2D eigenvalue weighted by Crippen LogP contribution is -2.39. The van der Waals surface area contributed by atoms with Crippen LogP contribution in [0.5, 0.6) is 5.75 Å². The summed E-state index contributed by atoms with van der Waals surface area (Å²) in [4.78, 5) is 0. The van der Waals surface area contributed by atoms with Crippen LogP contribution in [0.1, 0.15) is 32.6 Å². The minimum atomic E-state index is -3.14. The van der Waals surface area contributed by atoms with Crippen molar-refractivity contribution < 1.29 is 13.8 Å². The Morgan fingerprint density at radius 2 is 1.69 bits per heavy atom. The average molecular weight is 377 g/mol. The highest BCUT2D eigenvalue weighted by Crippen LogP contribution is 2.61. The first kappa shape index (κ1) is 19.0. The summed E-state index contributed by atoms with van der Waals surface area (Å²) in [5, 5.41) is 3.39. The number of anilines is 2. The van der Waals surface area contributed by atoms with Crippen molar-refractivity contribution in [3.8, 4) is 5.75 Å². The second-order valence-corrected chi connectivity index (χ2v) is 8.47. The number of nitrogens with one attached hydrogen (secondary N) is 1. The molecule has 5 nitrogen and oxygen atoms in total. The lowest BCUT2D eigenvalue weighted by molar-refractivity contribution is 0.235. The van der Waals surface area contributed by atoms with Crippen molar-refractivity contribution >= 4 is 22.2 Å². The van der Waals surface area contributed by atoms with Crippen LogP contribution in [-0.2, 0) is 0 Å². The summed E-state index contributed by atoms with van der Waals surface area (Å²) in [5.74, 6) is 0.687. The Morgan fingerprint density at radius 1 is 1.00 bits per heavy atom. The summed E-state index contributed by atoms with van der Waals surface area (Å²) < 4.78 is 29.7. The first-order valence-corrected chi connectivity index (χ1v) is 10.8. The molecular weight excluding hydrogens is 348 g/mol. The van der Waals surface area contributed by atoms with Crippen molar-refractivity contribution in [3.05, 3.63) is 54.6 Å². The van der Waals surface area contributed by atoms with E-state index in [-0.39, 0.29) is 0 Å². The predicted molar refractivity (Wildman–Crippen MR) is 109 cm³/mol. The van der Waals surface area contributed by atoms with Gasteiger partial charge in [-0.15, -0.1) is 0 Å². The molecule has 0 spiro atoms. The molecule has 3 N–H and O–H groups in total. The standard InChI is InChI=1S/C20H28N2O3S/c1-2-3-15-21-16-9-14-20-25-19-13-8-7-12-18(19)22(26(20,23)24)17-10-5-4-6-11-17/h4-8,10-13,20-21,23-24H,2-3,9,14-16H2,1H3. The van der Waals surface area contributed by atoms with Crippen LogP contribution in [-0.4, -0.2) is 27.6 Å². The predicted octanol–water partition coefficient (Wildman–Crippen LogP) is 5.38. The molecule has 1 aliphatic heterocycles. The van der Waals surface area contributed by atoms with Gasteiger partial charge in [0.1, 0.15) is 11.4 Å². The van der Waals surface area contributed by atoms with E-state index in [2.05, 4.69) is 12.2 Å². The summed E-state index contributed by atoms with van der Waals surface area (Å²) in [7, 11) is -3.14. The van der Waals surface area contributed by atoms with Crippen molar-refractivity contribution in [3.63, 3.8) is 0 Å². The number of fused-ring (bicyclic) bond motifs is 1. The van der Waals surface area contributed by atoms with Gasteiger partial charge in [0.2, 0.25) is 5.44 Å². The molecule has 1 unspecified atom stereocenters. The SMILES string of the molecule is CCCCNCCCC1Oc2ccccc2N(c2ccccc2)S1(O)O. The summed E-state index contributed by atoms with van der Waals surface area (Å²) in [6.07, 6.45) is 3.74. The summed E-state index contributed by atoms with van der Waals surface area (Å²) in [6, 6.07) is 17.0. The molecule has 0 fully saturated rings. The number of hydrogen-bond donors (Lipinski definition) is 3. The van der Waals surface area contributed by atoms with Gasteiger partial charge in [-0.25, -0.2) is 4.31 Å². The van der Waals surface area contributed by atoms with Gasteiger partial charge in [-0.3, -0.25) is 9.11 Å². The first-order valence-electron chi connectivity index (χ1n) is 9.23. The summed E-state index contributed by atoms with van der Waals surface area (Å²) >= 11 is 0. The maximum Gasteiger partial charge on any atom is 0.206 e. The number of ether oxygens (including phenoxy) is 1. The maximum atomic E-state index is 11.1. The van der Waals surface area contributed by atoms with Gasteiger partial charge in [0.15, 0.2) is 0 Å². The van der Waals surface area contributed by atoms with Crippen LogP contribution in [0.15, 0.2) is 54.6 Å². The molecule has 0 aliphatic carbocycles. The maximum absolute atomic E-state index is 11.1. The minimum absolute atomic E-state index is 0.582. The normalized spacial score (nSPS) is 19.5. The Labute approximate surface area is 157 Å². The third-order valence-electron chi connectivity index (χ3n) is 4.46. The van der Waals surface area contributed by atoms with E-state index >= 15 is 0 Å². The first-order chi connectivity index (χ1) is 12.6. The molecule has 0 bridgehead atoms. The molecule has 0 aromatic heterocycles. The van der Waals surface area contributed by atoms with E-state index in [9.17, 15) is 9.11 Å². The Balaban J connectivity index is 1.78. The molecule has 1 heterocycles. The third kappa shape index (κ3) is 4.15. The molecular formula is C20H28N2O3S. The largest absolute Gasteiger partial charge is 0.467 e. The van der Waals surface area contributed by atoms with Crippen LogP contribution in [0.4, 0.5) is 11.4 Å².